The van der Waals surface area contributed by atoms with E-state index in [1.807, 2.05) is 0 Å². The van der Waals surface area contributed by atoms with Crippen molar-refractivity contribution in [3.05, 3.63) is 275 Å². The predicted molar refractivity (Wildman–Crippen MR) is 286 cm³/mol. The molecule has 1 heterocycles. The number of nitrogens with zero attached hydrogens (tertiary/aromatic N) is 1. The van der Waals surface area contributed by atoms with Crippen molar-refractivity contribution in [2.24, 2.45) is 0 Å². The summed E-state index contributed by atoms with van der Waals surface area (Å²) in [4.78, 5) is 2.51. The molecule has 4 aliphatic rings. The third kappa shape index (κ3) is 6.11. The summed E-state index contributed by atoms with van der Waals surface area (Å²) in [6.45, 7) is 9.55. The molecule has 0 unspecified atom stereocenters. The zero-order valence-corrected chi connectivity index (χ0v) is 39.6. The molecular formula is C67H53NO. The Hall–Kier alpha value is -7.94. The molecule has 0 N–H and O–H groups in total. The van der Waals surface area contributed by atoms with Crippen LogP contribution < -0.4 is 9.64 Å². The molecule has 1 aliphatic heterocycles. The van der Waals surface area contributed by atoms with E-state index in [0.717, 1.165) is 58.0 Å². The van der Waals surface area contributed by atoms with Gasteiger partial charge in [0.25, 0.3) is 0 Å². The molecule has 0 saturated carbocycles. The molecule has 69 heavy (non-hydrogen) atoms. The molecule has 2 heteroatoms. The molecule has 2 nitrogen and oxygen atoms in total. The minimum absolute atomic E-state index is 0.139. The lowest BCUT2D eigenvalue weighted by Gasteiger charge is -2.42. The number of rotatable bonds is 7. The van der Waals surface area contributed by atoms with Gasteiger partial charge in [-0.3, -0.25) is 0 Å². The van der Waals surface area contributed by atoms with Crippen molar-refractivity contribution in [1.29, 1.82) is 0 Å². The fourth-order valence-corrected chi connectivity index (χ4v) is 12.5. The number of allylic oxidation sites excluding steroid dienone is 4. The summed E-state index contributed by atoms with van der Waals surface area (Å²) in [7, 11) is 0. The van der Waals surface area contributed by atoms with E-state index < -0.39 is 5.41 Å². The summed E-state index contributed by atoms with van der Waals surface area (Å²) in [6, 6.07) is 76.6. The van der Waals surface area contributed by atoms with E-state index >= 15 is 0 Å². The number of fused-ring (bicyclic) bond motifs is 8. The first-order valence-corrected chi connectivity index (χ1v) is 24.6. The highest BCUT2D eigenvalue weighted by Crippen LogP contribution is 2.59. The number of benzene rings is 9. The summed E-state index contributed by atoms with van der Waals surface area (Å²) < 4.78 is 7.09. The van der Waals surface area contributed by atoms with E-state index in [4.69, 9.17) is 4.74 Å². The molecule has 0 spiro atoms. The van der Waals surface area contributed by atoms with Crippen molar-refractivity contribution < 1.29 is 4.74 Å². The minimum atomic E-state index is -0.593. The van der Waals surface area contributed by atoms with Crippen LogP contribution in [-0.2, 0) is 16.2 Å². The average molecular weight is 888 g/mol. The second-order valence-electron chi connectivity index (χ2n) is 20.3. The Bertz CT molecular complexity index is 3530. The summed E-state index contributed by atoms with van der Waals surface area (Å²) in [5.41, 5.74) is 22.8. The molecule has 9 aromatic rings. The van der Waals surface area contributed by atoms with Crippen LogP contribution in [0.3, 0.4) is 0 Å². The van der Waals surface area contributed by atoms with E-state index in [9.17, 15) is 0 Å². The largest absolute Gasteiger partial charge is 0.456 e. The van der Waals surface area contributed by atoms with Crippen LogP contribution in [0.4, 0.5) is 17.1 Å². The van der Waals surface area contributed by atoms with Crippen LogP contribution in [0.2, 0.25) is 0 Å². The van der Waals surface area contributed by atoms with Gasteiger partial charge in [0.1, 0.15) is 11.5 Å². The summed E-state index contributed by atoms with van der Waals surface area (Å²) in [6.07, 6.45) is 8.95. The molecule has 0 amide bonds. The maximum absolute atomic E-state index is 7.09. The lowest BCUT2D eigenvalue weighted by atomic mass is 9.63. The molecule has 3 aliphatic carbocycles. The normalized spacial score (nSPS) is 15.9. The summed E-state index contributed by atoms with van der Waals surface area (Å²) in [5.74, 6) is 1.75. The molecule has 0 radical (unpaired) electrons. The quantitative estimate of drug-likeness (QED) is 0.158. The number of ether oxygens (including phenoxy) is 1. The second-order valence-corrected chi connectivity index (χ2v) is 20.3. The Kier molecular flexibility index (Phi) is 9.30. The van der Waals surface area contributed by atoms with Crippen LogP contribution in [0.5, 0.6) is 11.5 Å². The molecule has 13 rings (SSSR count). The van der Waals surface area contributed by atoms with Crippen molar-refractivity contribution in [1.82, 2.24) is 0 Å². The fourth-order valence-electron chi connectivity index (χ4n) is 12.5. The fraction of sp³-hybridized carbons (Fsp3) is 0.134. The number of hydrogen-bond donors (Lipinski definition) is 0. The van der Waals surface area contributed by atoms with Crippen LogP contribution >= 0.6 is 0 Å². The minimum Gasteiger partial charge on any atom is -0.456 e. The third-order valence-electron chi connectivity index (χ3n) is 15.9. The highest BCUT2D eigenvalue weighted by atomic mass is 16.5. The van der Waals surface area contributed by atoms with Crippen LogP contribution in [0.15, 0.2) is 224 Å². The van der Waals surface area contributed by atoms with Crippen LogP contribution in [-0.4, -0.2) is 0 Å². The standard InChI is InChI=1S/C67H53NO/c1-65(2)55-28-15-14-26-54(55)63-57(65)30-19-32-61(63)68(50-39-41-53-52-40-36-46(44-20-8-5-9-21-44)42-59(52)66(3,4)60(53)43-50)49-37-34-45(35-38-49)51-27-18-31-58-64(51)69-62-33-17-16-29-56(62)67(58,47-22-10-6-11-23-47)48-24-12-7-13-25-48/h5-8,10-20,22-43H,9,21H2,1-4H3. The lowest BCUT2D eigenvalue weighted by molar-refractivity contribution is 0.436. The zero-order chi connectivity index (χ0) is 46.5. The predicted octanol–water partition coefficient (Wildman–Crippen LogP) is 17.7. The van der Waals surface area contributed by atoms with E-state index in [-0.39, 0.29) is 10.8 Å². The van der Waals surface area contributed by atoms with Crippen molar-refractivity contribution >= 4 is 22.6 Å². The van der Waals surface area contributed by atoms with E-state index in [1.165, 1.54) is 72.5 Å². The van der Waals surface area contributed by atoms with Gasteiger partial charge in [0.2, 0.25) is 0 Å². The Labute approximate surface area is 406 Å². The average Bonchev–Trinajstić information content (AvgIpc) is 3.78. The van der Waals surface area contributed by atoms with Gasteiger partial charge in [-0.05, 0) is 122 Å². The van der Waals surface area contributed by atoms with Gasteiger partial charge in [-0.25, -0.2) is 0 Å². The van der Waals surface area contributed by atoms with Crippen molar-refractivity contribution in [3.8, 4) is 44.9 Å². The first-order chi connectivity index (χ1) is 33.7. The van der Waals surface area contributed by atoms with Gasteiger partial charge in [0, 0.05) is 44.5 Å². The maximum Gasteiger partial charge on any atom is 0.140 e. The molecule has 0 atom stereocenters. The van der Waals surface area contributed by atoms with Crippen molar-refractivity contribution in [2.75, 3.05) is 4.90 Å². The first-order valence-electron chi connectivity index (χ1n) is 24.6. The Morgan fingerprint density at radius 1 is 0.435 bits per heavy atom. The smallest absolute Gasteiger partial charge is 0.140 e. The Morgan fingerprint density at radius 2 is 1.01 bits per heavy atom. The molecular weight excluding hydrogens is 835 g/mol. The van der Waals surface area contributed by atoms with Gasteiger partial charge in [-0.2, -0.15) is 0 Å². The highest BCUT2D eigenvalue weighted by molar-refractivity contribution is 5.96. The van der Waals surface area contributed by atoms with E-state index in [0.29, 0.717) is 0 Å². The summed E-state index contributed by atoms with van der Waals surface area (Å²) in [5, 5.41) is 0. The van der Waals surface area contributed by atoms with Gasteiger partial charge in [-0.15, -0.1) is 0 Å². The maximum atomic E-state index is 7.09. The van der Waals surface area contributed by atoms with Crippen molar-refractivity contribution in [3.63, 3.8) is 0 Å². The lowest BCUT2D eigenvalue weighted by Crippen LogP contribution is -2.34. The Morgan fingerprint density at radius 3 is 1.75 bits per heavy atom. The summed E-state index contributed by atoms with van der Waals surface area (Å²) >= 11 is 0. The van der Waals surface area contributed by atoms with Gasteiger partial charge in [0.05, 0.1) is 11.1 Å². The highest BCUT2D eigenvalue weighted by Gasteiger charge is 2.46. The van der Waals surface area contributed by atoms with E-state index in [2.05, 4.69) is 257 Å². The molecule has 332 valence electrons. The molecule has 0 saturated heterocycles. The molecule has 0 fully saturated rings. The van der Waals surface area contributed by atoms with Crippen molar-refractivity contribution in [2.45, 2.75) is 56.8 Å². The zero-order valence-electron chi connectivity index (χ0n) is 39.6. The molecule has 0 aromatic heterocycles. The number of anilines is 3. The number of para-hydroxylation sites is 2. The monoisotopic (exact) mass is 887 g/mol. The molecule has 9 aromatic carbocycles. The third-order valence-corrected chi connectivity index (χ3v) is 15.9. The van der Waals surface area contributed by atoms with Gasteiger partial charge < -0.3 is 9.64 Å². The Balaban J connectivity index is 0.975. The van der Waals surface area contributed by atoms with E-state index in [1.54, 1.807) is 0 Å². The topological polar surface area (TPSA) is 12.5 Å². The van der Waals surface area contributed by atoms with Gasteiger partial charge in [-0.1, -0.05) is 210 Å². The van der Waals surface area contributed by atoms with Crippen LogP contribution in [0.1, 0.15) is 90.6 Å². The second kappa shape index (κ2) is 15.6. The van der Waals surface area contributed by atoms with Crippen LogP contribution in [0.25, 0.3) is 39.0 Å². The van der Waals surface area contributed by atoms with Gasteiger partial charge in [0.15, 0.2) is 0 Å². The first kappa shape index (κ1) is 41.3. The molecule has 0 bridgehead atoms. The van der Waals surface area contributed by atoms with Crippen LogP contribution in [0, 0.1) is 0 Å². The SMILES string of the molecule is CC1(C)c2cc(C3=CC=CCC3)ccc2-c2ccc(N(c3ccc(-c4cccc5c4Oc4ccccc4C5(c4ccccc4)c4ccccc4)cc3)c3cccc4c3-c3ccccc3C4(C)C)cc21. The number of hydrogen-bond acceptors (Lipinski definition) is 2. The van der Waals surface area contributed by atoms with Gasteiger partial charge >= 0.3 is 0 Å².